The van der Waals surface area contributed by atoms with Gasteiger partial charge in [-0.2, -0.15) is 0 Å². The molecule has 1 aromatic carbocycles. The molecule has 0 saturated heterocycles. The summed E-state index contributed by atoms with van der Waals surface area (Å²) in [5.41, 5.74) is 1.06. The van der Waals surface area contributed by atoms with Gasteiger partial charge in [-0.05, 0) is 56.3 Å². The minimum absolute atomic E-state index is 0.376. The fourth-order valence-corrected chi connectivity index (χ4v) is 4.09. The Hall–Kier alpha value is -0.910. The normalized spacial score (nSPS) is 23.2. The highest BCUT2D eigenvalue weighted by atomic mass is 32.2. The highest BCUT2D eigenvalue weighted by Gasteiger charge is 2.22. The predicted molar refractivity (Wildman–Crippen MR) is 90.2 cm³/mol. The minimum Gasteiger partial charge on any atom is -0.299 e. The summed E-state index contributed by atoms with van der Waals surface area (Å²) < 4.78 is 25.7. The molecule has 0 bridgehead atoms. The molecule has 1 fully saturated rings. The molecule has 22 heavy (non-hydrogen) atoms. The lowest BCUT2D eigenvalue weighted by Gasteiger charge is -2.33. The first-order chi connectivity index (χ1) is 10.3. The first-order valence-electron chi connectivity index (χ1n) is 8.02. The Kier molecular flexibility index (Phi) is 5.64. The second-order valence-electron chi connectivity index (χ2n) is 6.76. The van der Waals surface area contributed by atoms with E-state index in [2.05, 4.69) is 18.9 Å². The van der Waals surface area contributed by atoms with E-state index in [0.717, 1.165) is 18.0 Å². The lowest BCUT2D eigenvalue weighted by atomic mass is 9.86. The molecule has 124 valence electrons. The van der Waals surface area contributed by atoms with Crippen molar-refractivity contribution < 1.29 is 8.42 Å². The largest absolute Gasteiger partial charge is 0.299 e. The van der Waals surface area contributed by atoms with Crippen LogP contribution in [0.5, 0.6) is 0 Å². The molecule has 1 saturated carbocycles. The van der Waals surface area contributed by atoms with Gasteiger partial charge in [0.25, 0.3) is 0 Å². The maximum absolute atomic E-state index is 12.2. The molecule has 1 aliphatic rings. The van der Waals surface area contributed by atoms with Crippen molar-refractivity contribution in [1.29, 1.82) is 0 Å². The summed E-state index contributed by atoms with van der Waals surface area (Å²) in [6.07, 6.45) is 5.08. The summed E-state index contributed by atoms with van der Waals surface area (Å²) in [7, 11) is 1.93. The molecule has 2 rings (SSSR count). The summed E-state index contributed by atoms with van der Waals surface area (Å²) in [4.78, 5) is 2.74. The Morgan fingerprint density at radius 2 is 1.73 bits per heavy atom. The van der Waals surface area contributed by atoms with E-state index in [1.165, 1.54) is 30.0 Å². The maximum atomic E-state index is 12.2. The van der Waals surface area contributed by atoms with Gasteiger partial charge in [0.05, 0.1) is 4.90 Å². The van der Waals surface area contributed by atoms with Crippen molar-refractivity contribution in [3.05, 3.63) is 29.8 Å². The topological polar surface area (TPSA) is 40.6 Å². The number of benzene rings is 1. The molecular weight excluding hydrogens is 296 g/mol. The lowest BCUT2D eigenvalue weighted by Crippen LogP contribution is -2.34. The minimum atomic E-state index is -3.35. The van der Waals surface area contributed by atoms with Gasteiger partial charge in [0.1, 0.15) is 0 Å². The summed E-state index contributed by atoms with van der Waals surface area (Å²) in [6.45, 7) is 3.13. The highest BCUT2D eigenvalue weighted by Crippen LogP contribution is 2.27. The third kappa shape index (κ3) is 4.09. The molecular formula is C17H28N2O2S. The Labute approximate surface area is 135 Å². The van der Waals surface area contributed by atoms with Gasteiger partial charge in [-0.15, -0.1) is 0 Å². The van der Waals surface area contributed by atoms with Crippen LogP contribution in [0, 0.1) is 5.92 Å². The predicted octanol–water partition coefficient (Wildman–Crippen LogP) is 2.95. The van der Waals surface area contributed by atoms with Crippen LogP contribution in [-0.2, 0) is 16.6 Å². The number of rotatable bonds is 5. The SMILES string of the molecule is CC1CCC(N(C)Cc2cccc(S(=O)(=O)N(C)C)c2)CC1. The summed E-state index contributed by atoms with van der Waals surface area (Å²) in [5, 5.41) is 0. The van der Waals surface area contributed by atoms with Gasteiger partial charge in [-0.25, -0.2) is 12.7 Å². The van der Waals surface area contributed by atoms with E-state index in [0.29, 0.717) is 10.9 Å². The molecule has 0 aromatic heterocycles. The molecule has 0 radical (unpaired) electrons. The maximum Gasteiger partial charge on any atom is 0.242 e. The number of hydrogen-bond acceptors (Lipinski definition) is 3. The van der Waals surface area contributed by atoms with Crippen molar-refractivity contribution >= 4 is 10.0 Å². The van der Waals surface area contributed by atoms with Gasteiger partial charge < -0.3 is 0 Å². The van der Waals surface area contributed by atoms with Crippen LogP contribution in [0.2, 0.25) is 0 Å². The quantitative estimate of drug-likeness (QED) is 0.836. The second kappa shape index (κ2) is 7.11. The molecule has 4 nitrogen and oxygen atoms in total. The van der Waals surface area contributed by atoms with E-state index in [9.17, 15) is 8.42 Å². The zero-order valence-electron chi connectivity index (χ0n) is 14.1. The van der Waals surface area contributed by atoms with E-state index >= 15 is 0 Å². The molecule has 1 aliphatic carbocycles. The van der Waals surface area contributed by atoms with E-state index < -0.39 is 10.0 Å². The van der Waals surface area contributed by atoms with Crippen LogP contribution in [0.3, 0.4) is 0 Å². The van der Waals surface area contributed by atoms with Crippen LogP contribution in [0.15, 0.2) is 29.2 Å². The van der Waals surface area contributed by atoms with E-state index in [4.69, 9.17) is 0 Å². The number of nitrogens with zero attached hydrogens (tertiary/aromatic N) is 2. The van der Waals surface area contributed by atoms with Crippen LogP contribution in [-0.4, -0.2) is 44.8 Å². The fraction of sp³-hybridized carbons (Fsp3) is 0.647. The van der Waals surface area contributed by atoms with Crippen LogP contribution < -0.4 is 0 Å². The van der Waals surface area contributed by atoms with E-state index in [1.54, 1.807) is 26.2 Å². The smallest absolute Gasteiger partial charge is 0.242 e. The van der Waals surface area contributed by atoms with Crippen molar-refractivity contribution in [2.75, 3.05) is 21.1 Å². The summed E-state index contributed by atoms with van der Waals surface area (Å²) >= 11 is 0. The van der Waals surface area contributed by atoms with Crippen LogP contribution in [0.4, 0.5) is 0 Å². The third-order valence-electron chi connectivity index (χ3n) is 4.72. The highest BCUT2D eigenvalue weighted by molar-refractivity contribution is 7.89. The van der Waals surface area contributed by atoms with Crippen molar-refractivity contribution in [2.24, 2.45) is 5.92 Å². The van der Waals surface area contributed by atoms with Gasteiger partial charge in [0.15, 0.2) is 0 Å². The molecule has 0 spiro atoms. The Morgan fingerprint density at radius 1 is 1.09 bits per heavy atom. The van der Waals surface area contributed by atoms with Gasteiger partial charge in [-0.1, -0.05) is 19.1 Å². The molecule has 0 aliphatic heterocycles. The molecule has 1 aromatic rings. The zero-order valence-corrected chi connectivity index (χ0v) is 14.9. The number of sulfonamides is 1. The van der Waals surface area contributed by atoms with Gasteiger partial charge in [-0.3, -0.25) is 4.90 Å². The Morgan fingerprint density at radius 3 is 2.32 bits per heavy atom. The van der Waals surface area contributed by atoms with E-state index in [1.807, 2.05) is 12.1 Å². The van der Waals surface area contributed by atoms with E-state index in [-0.39, 0.29) is 0 Å². The average molecular weight is 324 g/mol. The molecule has 0 atom stereocenters. The Bertz CT molecular complexity index is 590. The van der Waals surface area contributed by atoms with Gasteiger partial charge in [0.2, 0.25) is 10.0 Å². The molecule has 0 unspecified atom stereocenters. The Balaban J connectivity index is 2.07. The van der Waals surface area contributed by atoms with Crippen molar-refractivity contribution in [3.63, 3.8) is 0 Å². The zero-order chi connectivity index (χ0) is 16.3. The first-order valence-corrected chi connectivity index (χ1v) is 9.46. The van der Waals surface area contributed by atoms with Gasteiger partial charge in [0, 0.05) is 26.7 Å². The second-order valence-corrected chi connectivity index (χ2v) is 8.92. The fourth-order valence-electron chi connectivity index (χ4n) is 3.12. The molecule has 0 N–H and O–H groups in total. The van der Waals surface area contributed by atoms with Crippen molar-refractivity contribution in [3.8, 4) is 0 Å². The average Bonchev–Trinajstić information content (AvgIpc) is 2.48. The summed E-state index contributed by atoms with van der Waals surface area (Å²) in [5.74, 6) is 0.846. The first kappa shape index (κ1) is 17.4. The number of hydrogen-bond donors (Lipinski definition) is 0. The van der Waals surface area contributed by atoms with Crippen molar-refractivity contribution in [2.45, 2.75) is 50.1 Å². The monoisotopic (exact) mass is 324 g/mol. The van der Waals surface area contributed by atoms with Crippen molar-refractivity contribution in [1.82, 2.24) is 9.21 Å². The summed E-state index contributed by atoms with van der Waals surface area (Å²) in [6, 6.07) is 7.93. The third-order valence-corrected chi connectivity index (χ3v) is 6.53. The molecule has 0 amide bonds. The van der Waals surface area contributed by atoms with Gasteiger partial charge >= 0.3 is 0 Å². The molecule has 0 heterocycles. The van der Waals surface area contributed by atoms with Crippen LogP contribution in [0.25, 0.3) is 0 Å². The van der Waals surface area contributed by atoms with Crippen LogP contribution >= 0.6 is 0 Å². The van der Waals surface area contributed by atoms with Crippen LogP contribution in [0.1, 0.15) is 38.2 Å². The standard InChI is InChI=1S/C17H28N2O2S/c1-14-8-10-16(11-9-14)19(4)13-15-6-5-7-17(12-15)22(20,21)18(2)3/h5-7,12,14,16H,8-11,13H2,1-4H3. The molecule has 5 heteroatoms. The lowest BCUT2D eigenvalue weighted by molar-refractivity contribution is 0.164.